The molecule has 0 aromatic heterocycles. The lowest BCUT2D eigenvalue weighted by molar-refractivity contribution is -0.177. The number of esters is 3. The number of unbranched alkanes of at least 4 members (excludes halogenated alkanes) is 1. The van der Waals surface area contributed by atoms with E-state index in [1.807, 2.05) is 0 Å². The minimum Gasteiger partial charge on any atom is -0.465 e. The van der Waals surface area contributed by atoms with E-state index in [1.165, 1.54) is 27.9 Å². The Bertz CT molecular complexity index is 645. The number of rotatable bonds is 17. The molecule has 14 nitrogen and oxygen atoms in total. The second kappa shape index (κ2) is 17.0. The van der Waals surface area contributed by atoms with Gasteiger partial charge in [0.1, 0.15) is 37.6 Å². The summed E-state index contributed by atoms with van der Waals surface area (Å²) < 4.78 is 29.6. The van der Waals surface area contributed by atoms with Crippen molar-refractivity contribution in [2.24, 2.45) is 16.9 Å². The molecule has 0 saturated heterocycles. The van der Waals surface area contributed by atoms with E-state index in [0.29, 0.717) is 19.4 Å². The van der Waals surface area contributed by atoms with Crippen LogP contribution in [0.3, 0.4) is 0 Å². The predicted molar refractivity (Wildman–Crippen MR) is 116 cm³/mol. The fourth-order valence-electron chi connectivity index (χ4n) is 2.13. The van der Waals surface area contributed by atoms with Crippen LogP contribution in [0.5, 0.6) is 0 Å². The molecule has 6 N–H and O–H groups in total. The molecule has 0 amide bonds. The second-order valence-electron chi connectivity index (χ2n) is 7.63. The zero-order valence-corrected chi connectivity index (χ0v) is 20.1. The van der Waals surface area contributed by atoms with E-state index in [2.05, 4.69) is 5.32 Å². The molecule has 0 radical (unpaired) electrons. The van der Waals surface area contributed by atoms with Gasteiger partial charge >= 0.3 is 24.1 Å². The van der Waals surface area contributed by atoms with Gasteiger partial charge in [-0.15, -0.1) is 0 Å². The van der Waals surface area contributed by atoms with Gasteiger partial charge in [0.2, 0.25) is 0 Å². The summed E-state index contributed by atoms with van der Waals surface area (Å²) in [7, 11) is 1.43. The van der Waals surface area contributed by atoms with Crippen molar-refractivity contribution in [3.8, 4) is 0 Å². The molecule has 0 aliphatic rings. The van der Waals surface area contributed by atoms with Crippen LogP contribution in [0.1, 0.15) is 33.6 Å². The highest BCUT2D eigenvalue weighted by atomic mass is 16.7. The average molecular weight is 496 g/mol. The second-order valence-corrected chi connectivity index (χ2v) is 7.63. The molecule has 0 aliphatic carbocycles. The molecule has 3 atom stereocenters. The summed E-state index contributed by atoms with van der Waals surface area (Å²) in [5.41, 5.74) is 9.16. The number of ether oxygens (including phenoxy) is 6. The van der Waals surface area contributed by atoms with Crippen LogP contribution in [0.25, 0.3) is 0 Å². The molecule has 0 aromatic carbocycles. The van der Waals surface area contributed by atoms with Crippen LogP contribution in [0.15, 0.2) is 0 Å². The summed E-state index contributed by atoms with van der Waals surface area (Å²) in [6.07, 6.45) is -3.35. The molecule has 0 rings (SSSR count). The van der Waals surface area contributed by atoms with E-state index in [4.69, 9.17) is 39.9 Å². The molecule has 198 valence electrons. The van der Waals surface area contributed by atoms with Crippen molar-refractivity contribution in [2.45, 2.75) is 52.1 Å². The van der Waals surface area contributed by atoms with Crippen LogP contribution in [0, 0.1) is 5.41 Å². The first-order chi connectivity index (χ1) is 15.9. The molecule has 0 spiro atoms. The van der Waals surface area contributed by atoms with Gasteiger partial charge in [0.15, 0.2) is 6.10 Å². The molecule has 0 saturated carbocycles. The van der Waals surface area contributed by atoms with Crippen LogP contribution in [-0.2, 0) is 42.8 Å². The zero-order chi connectivity index (χ0) is 26.1. The maximum absolute atomic E-state index is 12.7. The molecule has 0 aliphatic heterocycles. The number of carbonyl (C=O) groups is 4. The number of nitrogens with two attached hydrogens (primary N) is 2. The van der Waals surface area contributed by atoms with Crippen LogP contribution in [-0.4, -0.2) is 94.4 Å². The average Bonchev–Trinajstić information content (AvgIpc) is 2.77. The maximum atomic E-state index is 12.7. The monoisotopic (exact) mass is 495 g/mol. The molecule has 0 heterocycles. The lowest BCUT2D eigenvalue weighted by atomic mass is 9.93. The Kier molecular flexibility index (Phi) is 15.7. The highest BCUT2D eigenvalue weighted by Gasteiger charge is 2.39. The Morgan fingerprint density at radius 2 is 1.56 bits per heavy atom. The number of methoxy groups -OCH3 is 1. The number of nitrogens with one attached hydrogen (secondary N) is 1. The Hall–Kier alpha value is -2.52. The Labute approximate surface area is 198 Å². The third-order valence-corrected chi connectivity index (χ3v) is 4.19. The summed E-state index contributed by atoms with van der Waals surface area (Å²) in [6.45, 7) is 3.38. The van der Waals surface area contributed by atoms with E-state index in [0.717, 1.165) is 0 Å². The highest BCUT2D eigenvalue weighted by molar-refractivity contribution is 5.81. The van der Waals surface area contributed by atoms with Crippen LogP contribution in [0.4, 0.5) is 4.79 Å². The molecule has 34 heavy (non-hydrogen) atoms. The highest BCUT2D eigenvalue weighted by Crippen LogP contribution is 2.21. The smallest absolute Gasteiger partial charge is 0.465 e. The molecule has 0 aromatic rings. The number of hydrogen-bond donors (Lipinski definition) is 4. The van der Waals surface area contributed by atoms with Crippen molar-refractivity contribution in [1.82, 2.24) is 5.32 Å². The lowest BCUT2D eigenvalue weighted by Gasteiger charge is -2.27. The SMILES string of the molecule is COCCOC(=O)OCC(C)(COC(=O)[C@@H](C)OC(=O)[C@@H](C)O)C(=O)OCCCCNC(N)N. The van der Waals surface area contributed by atoms with E-state index >= 15 is 0 Å². The Morgan fingerprint density at radius 1 is 0.912 bits per heavy atom. The Balaban J connectivity index is 4.93. The minimum atomic E-state index is -1.58. The molecular weight excluding hydrogens is 458 g/mol. The van der Waals surface area contributed by atoms with Gasteiger partial charge in [-0.05, 0) is 40.2 Å². The normalized spacial score (nSPS) is 14.5. The molecule has 1 unspecified atom stereocenters. The summed E-state index contributed by atoms with van der Waals surface area (Å²) in [4.78, 5) is 48.0. The molecular formula is C20H37N3O11. The van der Waals surface area contributed by atoms with Gasteiger partial charge in [0.05, 0.1) is 13.2 Å². The van der Waals surface area contributed by atoms with Gasteiger partial charge in [0, 0.05) is 7.11 Å². The molecule has 0 fully saturated rings. The van der Waals surface area contributed by atoms with E-state index in [-0.39, 0.29) is 19.8 Å². The fraction of sp³-hybridized carbons (Fsp3) is 0.800. The van der Waals surface area contributed by atoms with Crippen LogP contribution >= 0.6 is 0 Å². The topological polar surface area (TPSA) is 208 Å². The van der Waals surface area contributed by atoms with Crippen molar-refractivity contribution < 1.29 is 52.7 Å². The van der Waals surface area contributed by atoms with E-state index < -0.39 is 61.2 Å². The maximum Gasteiger partial charge on any atom is 0.508 e. The molecule has 14 heteroatoms. The standard InChI is InChI=1S/C20H37N3O11/c1-13(24)15(25)34-14(2)16(26)32-11-20(3,12-33-19(28)31-10-9-29-4)17(27)30-8-6-5-7-23-18(21)22/h13-14,18,23-24H,5-12,21-22H2,1-4H3/t13-,14-,20?/m1/s1. The number of aliphatic hydroxyl groups excluding tert-OH is 1. The van der Waals surface area contributed by atoms with E-state index in [1.54, 1.807) is 0 Å². The van der Waals surface area contributed by atoms with Gasteiger partial charge < -0.3 is 45.0 Å². The van der Waals surface area contributed by atoms with Gasteiger partial charge in [-0.3, -0.25) is 10.1 Å². The van der Waals surface area contributed by atoms with Crippen LogP contribution in [0.2, 0.25) is 0 Å². The van der Waals surface area contributed by atoms with Crippen molar-refractivity contribution >= 4 is 24.1 Å². The van der Waals surface area contributed by atoms with Gasteiger partial charge in [0.25, 0.3) is 0 Å². The Morgan fingerprint density at radius 3 is 2.15 bits per heavy atom. The summed E-state index contributed by atoms with van der Waals surface area (Å²) >= 11 is 0. The van der Waals surface area contributed by atoms with Crippen molar-refractivity contribution in [3.63, 3.8) is 0 Å². The number of hydrogen-bond acceptors (Lipinski definition) is 14. The third kappa shape index (κ3) is 13.9. The van der Waals surface area contributed by atoms with Crippen molar-refractivity contribution in [2.75, 3.05) is 46.7 Å². The fourth-order valence-corrected chi connectivity index (χ4v) is 2.13. The summed E-state index contributed by atoms with van der Waals surface area (Å²) in [5.74, 6) is -2.78. The largest absolute Gasteiger partial charge is 0.508 e. The van der Waals surface area contributed by atoms with Crippen molar-refractivity contribution in [3.05, 3.63) is 0 Å². The summed E-state index contributed by atoms with van der Waals surface area (Å²) in [6, 6.07) is 0. The van der Waals surface area contributed by atoms with Gasteiger partial charge in [-0.25, -0.2) is 14.4 Å². The minimum absolute atomic E-state index is 0.0462. The third-order valence-electron chi connectivity index (χ3n) is 4.19. The summed E-state index contributed by atoms with van der Waals surface area (Å²) in [5, 5.41) is 12.0. The van der Waals surface area contributed by atoms with E-state index in [9.17, 15) is 24.3 Å². The predicted octanol–water partition coefficient (Wildman–Crippen LogP) is -1.24. The number of carbonyl (C=O) groups excluding carboxylic acids is 4. The van der Waals surface area contributed by atoms with Crippen molar-refractivity contribution in [1.29, 1.82) is 0 Å². The zero-order valence-electron chi connectivity index (χ0n) is 20.1. The van der Waals surface area contributed by atoms with Crippen LogP contribution < -0.4 is 16.8 Å². The van der Waals surface area contributed by atoms with Gasteiger partial charge in [-0.1, -0.05) is 0 Å². The first-order valence-electron chi connectivity index (χ1n) is 10.7. The van der Waals surface area contributed by atoms with Gasteiger partial charge in [-0.2, -0.15) is 0 Å². The lowest BCUT2D eigenvalue weighted by Crippen LogP contribution is -2.45. The quantitative estimate of drug-likeness (QED) is 0.0805. The molecule has 0 bridgehead atoms. The first-order valence-corrected chi connectivity index (χ1v) is 10.7. The first kappa shape index (κ1) is 31.5. The number of aliphatic hydroxyl groups is 1.